The maximum Gasteiger partial charge on any atom is 0.236 e. The summed E-state index contributed by atoms with van der Waals surface area (Å²) in [5, 5.41) is 0. The molecule has 0 aliphatic carbocycles. The number of ether oxygens (including phenoxy) is 3. The van der Waals surface area contributed by atoms with Crippen LogP contribution in [0.4, 0.5) is 0 Å². The summed E-state index contributed by atoms with van der Waals surface area (Å²) in [5.74, 6) is 2.56. The predicted molar refractivity (Wildman–Crippen MR) is 119 cm³/mol. The van der Waals surface area contributed by atoms with Gasteiger partial charge in [-0.2, -0.15) is 0 Å². The minimum atomic E-state index is 0.137. The van der Waals surface area contributed by atoms with E-state index in [0.29, 0.717) is 26.3 Å². The molecule has 0 spiro atoms. The molecule has 2 aliphatic rings. The lowest BCUT2D eigenvalue weighted by atomic mass is 10.1. The van der Waals surface area contributed by atoms with Crippen molar-refractivity contribution in [3.8, 4) is 17.2 Å². The van der Waals surface area contributed by atoms with Crippen molar-refractivity contribution in [2.45, 2.75) is 13.1 Å². The van der Waals surface area contributed by atoms with Crippen LogP contribution in [0.25, 0.3) is 0 Å². The van der Waals surface area contributed by atoms with Crippen LogP contribution in [-0.2, 0) is 17.9 Å². The van der Waals surface area contributed by atoms with Gasteiger partial charge < -0.3 is 19.1 Å². The quantitative estimate of drug-likeness (QED) is 0.678. The van der Waals surface area contributed by atoms with Gasteiger partial charge in [-0.05, 0) is 35.4 Å². The Kier molecular flexibility index (Phi) is 6.94. The molecule has 0 atom stereocenters. The number of nitrogens with zero attached hydrogens (tertiary/aromatic N) is 3. The van der Waals surface area contributed by atoms with E-state index < -0.39 is 0 Å². The van der Waals surface area contributed by atoms with Crippen LogP contribution in [0.2, 0.25) is 0 Å². The number of carbonyl (C=O) groups is 1. The summed E-state index contributed by atoms with van der Waals surface area (Å²) in [7, 11) is 3.54. The summed E-state index contributed by atoms with van der Waals surface area (Å²) in [5.41, 5.74) is 2.33. The average Bonchev–Trinajstić information content (AvgIpc) is 2.80. The molecule has 4 rings (SSSR count). The van der Waals surface area contributed by atoms with E-state index in [2.05, 4.69) is 21.9 Å². The summed E-state index contributed by atoms with van der Waals surface area (Å²) in [6.45, 7) is 6.82. The maximum atomic E-state index is 12.7. The molecule has 31 heavy (non-hydrogen) atoms. The van der Waals surface area contributed by atoms with Crippen molar-refractivity contribution in [1.82, 2.24) is 14.7 Å². The van der Waals surface area contributed by atoms with Crippen LogP contribution < -0.4 is 14.2 Å². The minimum Gasteiger partial charge on any atom is -0.497 e. The largest absolute Gasteiger partial charge is 0.497 e. The fourth-order valence-corrected chi connectivity index (χ4v) is 3.95. The third-order valence-electron chi connectivity index (χ3n) is 5.84. The lowest BCUT2D eigenvalue weighted by Gasteiger charge is -2.35. The van der Waals surface area contributed by atoms with Gasteiger partial charge in [-0.15, -0.1) is 0 Å². The van der Waals surface area contributed by atoms with E-state index in [4.69, 9.17) is 14.2 Å². The van der Waals surface area contributed by atoms with Crippen molar-refractivity contribution in [3.05, 3.63) is 53.6 Å². The highest BCUT2D eigenvalue weighted by atomic mass is 16.6. The van der Waals surface area contributed by atoms with E-state index in [1.807, 2.05) is 37.4 Å². The van der Waals surface area contributed by atoms with E-state index >= 15 is 0 Å². The topological polar surface area (TPSA) is 54.5 Å². The van der Waals surface area contributed by atoms with Gasteiger partial charge in [0.1, 0.15) is 19.0 Å². The van der Waals surface area contributed by atoms with E-state index in [1.165, 1.54) is 5.56 Å². The van der Waals surface area contributed by atoms with Crippen LogP contribution in [0, 0.1) is 0 Å². The van der Waals surface area contributed by atoms with Crippen LogP contribution in [0.15, 0.2) is 42.5 Å². The Hall–Kier alpha value is -2.77. The van der Waals surface area contributed by atoms with Crippen LogP contribution in [0.5, 0.6) is 17.2 Å². The molecule has 2 heterocycles. The number of hydrogen-bond acceptors (Lipinski definition) is 6. The Morgan fingerprint density at radius 2 is 1.58 bits per heavy atom. The van der Waals surface area contributed by atoms with Gasteiger partial charge in [-0.1, -0.05) is 18.2 Å². The first kappa shape index (κ1) is 21.5. The van der Waals surface area contributed by atoms with Gasteiger partial charge in [0, 0.05) is 46.3 Å². The Morgan fingerprint density at radius 1 is 0.935 bits per heavy atom. The zero-order valence-corrected chi connectivity index (χ0v) is 18.4. The van der Waals surface area contributed by atoms with Gasteiger partial charge in [0.15, 0.2) is 11.5 Å². The van der Waals surface area contributed by atoms with Crippen molar-refractivity contribution in [2.24, 2.45) is 0 Å². The van der Waals surface area contributed by atoms with Gasteiger partial charge >= 0.3 is 0 Å². The zero-order valence-electron chi connectivity index (χ0n) is 18.4. The number of amides is 1. The van der Waals surface area contributed by atoms with Gasteiger partial charge in [0.2, 0.25) is 5.91 Å². The van der Waals surface area contributed by atoms with Crippen molar-refractivity contribution >= 4 is 5.91 Å². The van der Waals surface area contributed by atoms with Gasteiger partial charge in [-0.25, -0.2) is 0 Å². The fourth-order valence-electron chi connectivity index (χ4n) is 3.95. The molecular formula is C24H31N3O4. The monoisotopic (exact) mass is 425 g/mol. The molecule has 1 amide bonds. The van der Waals surface area contributed by atoms with E-state index in [1.54, 1.807) is 12.0 Å². The third kappa shape index (κ3) is 5.68. The summed E-state index contributed by atoms with van der Waals surface area (Å²) >= 11 is 0. The van der Waals surface area contributed by atoms with E-state index in [9.17, 15) is 4.79 Å². The lowest BCUT2D eigenvalue weighted by Crippen LogP contribution is -2.49. The highest BCUT2D eigenvalue weighted by Crippen LogP contribution is 2.31. The Balaban J connectivity index is 1.22. The number of methoxy groups -OCH3 is 1. The maximum absolute atomic E-state index is 12.7. The average molecular weight is 426 g/mol. The SMILES string of the molecule is COc1ccc(CN2CCN(CC(=O)N(C)Cc3ccc4c(c3)OCCO4)CC2)cc1. The molecule has 0 aromatic heterocycles. The second kappa shape index (κ2) is 10.0. The Labute approximate surface area is 184 Å². The van der Waals surface area contributed by atoms with Crippen molar-refractivity contribution < 1.29 is 19.0 Å². The zero-order chi connectivity index (χ0) is 21.6. The molecule has 1 fully saturated rings. The smallest absolute Gasteiger partial charge is 0.236 e. The molecule has 0 saturated carbocycles. The first-order valence-corrected chi connectivity index (χ1v) is 10.8. The molecule has 0 radical (unpaired) electrons. The van der Waals surface area contributed by atoms with Gasteiger partial charge in [0.25, 0.3) is 0 Å². The third-order valence-corrected chi connectivity index (χ3v) is 5.84. The summed E-state index contributed by atoms with van der Waals surface area (Å²) < 4.78 is 16.4. The molecule has 7 heteroatoms. The molecule has 1 saturated heterocycles. The number of rotatable bonds is 7. The summed E-state index contributed by atoms with van der Waals surface area (Å²) in [6, 6.07) is 14.1. The fraction of sp³-hybridized carbons (Fsp3) is 0.458. The standard InChI is InChI=1S/C24H31N3O4/c1-25(16-20-5-8-22-23(15-20)31-14-13-30-22)24(28)18-27-11-9-26(10-12-27)17-19-3-6-21(29-2)7-4-19/h3-8,15H,9-14,16-18H2,1-2H3. The van der Waals surface area contributed by atoms with Crippen molar-refractivity contribution in [3.63, 3.8) is 0 Å². The van der Waals surface area contributed by atoms with Crippen LogP contribution >= 0.6 is 0 Å². The number of hydrogen-bond donors (Lipinski definition) is 0. The first-order valence-electron chi connectivity index (χ1n) is 10.8. The molecule has 166 valence electrons. The molecule has 7 nitrogen and oxygen atoms in total. The minimum absolute atomic E-state index is 0.137. The van der Waals surface area contributed by atoms with Crippen LogP contribution in [0.3, 0.4) is 0 Å². The number of likely N-dealkylation sites (N-methyl/N-ethyl adjacent to an activating group) is 1. The molecule has 2 aromatic carbocycles. The molecule has 0 unspecified atom stereocenters. The second-order valence-corrected chi connectivity index (χ2v) is 8.13. The number of fused-ring (bicyclic) bond motifs is 1. The van der Waals surface area contributed by atoms with Crippen molar-refractivity contribution in [2.75, 3.05) is 60.1 Å². The molecule has 2 aliphatic heterocycles. The van der Waals surface area contributed by atoms with Gasteiger partial charge in [0.05, 0.1) is 13.7 Å². The summed E-state index contributed by atoms with van der Waals surface area (Å²) in [6.07, 6.45) is 0. The van der Waals surface area contributed by atoms with E-state index in [0.717, 1.165) is 55.5 Å². The van der Waals surface area contributed by atoms with Crippen LogP contribution in [-0.4, -0.2) is 80.7 Å². The van der Waals surface area contributed by atoms with Gasteiger partial charge in [-0.3, -0.25) is 14.6 Å². The Morgan fingerprint density at radius 3 is 2.29 bits per heavy atom. The number of piperazine rings is 1. The first-order chi connectivity index (χ1) is 15.1. The van der Waals surface area contributed by atoms with Crippen molar-refractivity contribution in [1.29, 1.82) is 0 Å². The Bertz CT molecular complexity index is 879. The highest BCUT2D eigenvalue weighted by molar-refractivity contribution is 5.78. The molecule has 0 N–H and O–H groups in total. The number of carbonyl (C=O) groups excluding carboxylic acids is 1. The molecule has 0 bridgehead atoms. The molecule has 2 aromatic rings. The van der Waals surface area contributed by atoms with Crippen LogP contribution in [0.1, 0.15) is 11.1 Å². The summed E-state index contributed by atoms with van der Waals surface area (Å²) in [4.78, 5) is 19.2. The van der Waals surface area contributed by atoms with E-state index in [-0.39, 0.29) is 5.91 Å². The second-order valence-electron chi connectivity index (χ2n) is 8.13. The normalized spacial score (nSPS) is 16.7. The predicted octanol–water partition coefficient (Wildman–Crippen LogP) is 2.24. The number of benzene rings is 2. The highest BCUT2D eigenvalue weighted by Gasteiger charge is 2.21. The molecular weight excluding hydrogens is 394 g/mol. The lowest BCUT2D eigenvalue weighted by molar-refractivity contribution is -0.132.